The quantitative estimate of drug-likeness (QED) is 0.460. The summed E-state index contributed by atoms with van der Waals surface area (Å²) in [6.45, 7) is 5.31. The van der Waals surface area contributed by atoms with Gasteiger partial charge in [-0.15, -0.1) is 6.58 Å². The van der Waals surface area contributed by atoms with Gasteiger partial charge in [0.25, 0.3) is 0 Å². The molecule has 11 heavy (non-hydrogen) atoms. The maximum absolute atomic E-state index is 9.62. The Morgan fingerprint density at radius 2 is 2.27 bits per heavy atom. The molecule has 1 rings (SSSR count). The fourth-order valence-corrected chi connectivity index (χ4v) is 1.29. The first-order chi connectivity index (χ1) is 5.27. The summed E-state index contributed by atoms with van der Waals surface area (Å²) in [5, 5.41) is 12.8. The van der Waals surface area contributed by atoms with E-state index in [-0.39, 0.29) is 5.60 Å². The van der Waals surface area contributed by atoms with E-state index in [1.165, 1.54) is 6.42 Å². The molecular formula is C9H17NO. The van der Waals surface area contributed by atoms with E-state index in [0.717, 1.165) is 32.4 Å². The van der Waals surface area contributed by atoms with E-state index >= 15 is 0 Å². The summed E-state index contributed by atoms with van der Waals surface area (Å²) >= 11 is 0. The minimum atomic E-state index is -0.374. The number of rotatable bonds is 5. The van der Waals surface area contributed by atoms with Gasteiger partial charge in [0, 0.05) is 6.54 Å². The van der Waals surface area contributed by atoms with Crippen molar-refractivity contribution in [2.24, 2.45) is 0 Å². The molecule has 0 spiro atoms. The maximum atomic E-state index is 9.62. The number of hydrogen-bond donors (Lipinski definition) is 2. The molecule has 2 nitrogen and oxygen atoms in total. The molecule has 0 atom stereocenters. The van der Waals surface area contributed by atoms with Gasteiger partial charge in [-0.25, -0.2) is 0 Å². The molecule has 0 amide bonds. The van der Waals surface area contributed by atoms with Crippen LogP contribution in [0.25, 0.3) is 0 Å². The summed E-state index contributed by atoms with van der Waals surface area (Å²) < 4.78 is 0. The van der Waals surface area contributed by atoms with Crippen molar-refractivity contribution in [3.8, 4) is 0 Å². The Balaban J connectivity index is 1.97. The van der Waals surface area contributed by atoms with Crippen LogP contribution in [0.4, 0.5) is 0 Å². The number of aliphatic hydroxyl groups is 1. The predicted octanol–water partition coefficient (Wildman–Crippen LogP) is 1.07. The first kappa shape index (κ1) is 8.75. The molecule has 0 heterocycles. The highest BCUT2D eigenvalue weighted by atomic mass is 16.3. The fraction of sp³-hybridized carbons (Fsp3) is 0.778. The zero-order valence-electron chi connectivity index (χ0n) is 6.97. The molecule has 0 bridgehead atoms. The van der Waals surface area contributed by atoms with E-state index in [0.29, 0.717) is 0 Å². The van der Waals surface area contributed by atoms with Gasteiger partial charge in [0.15, 0.2) is 0 Å². The standard InChI is InChI=1S/C9H17NO/c1-2-3-7-10-8-9(11)5-4-6-9/h2,10-11H,1,3-8H2. The molecule has 0 saturated heterocycles. The van der Waals surface area contributed by atoms with Gasteiger partial charge >= 0.3 is 0 Å². The summed E-state index contributed by atoms with van der Waals surface area (Å²) in [6.07, 6.45) is 5.98. The van der Waals surface area contributed by atoms with Crippen LogP contribution in [0, 0.1) is 0 Å². The minimum Gasteiger partial charge on any atom is -0.389 e. The first-order valence-corrected chi connectivity index (χ1v) is 4.31. The zero-order valence-corrected chi connectivity index (χ0v) is 6.97. The van der Waals surface area contributed by atoms with Crippen molar-refractivity contribution in [1.29, 1.82) is 0 Å². The lowest BCUT2D eigenvalue weighted by Crippen LogP contribution is -2.46. The van der Waals surface area contributed by atoms with Crippen LogP contribution < -0.4 is 5.32 Å². The van der Waals surface area contributed by atoms with Crippen molar-refractivity contribution in [2.45, 2.75) is 31.3 Å². The molecule has 0 radical (unpaired) electrons. The monoisotopic (exact) mass is 155 g/mol. The molecule has 0 aliphatic heterocycles. The third-order valence-electron chi connectivity index (χ3n) is 2.26. The zero-order chi connectivity index (χ0) is 8.16. The van der Waals surface area contributed by atoms with E-state index in [2.05, 4.69) is 11.9 Å². The second kappa shape index (κ2) is 3.88. The van der Waals surface area contributed by atoms with Crippen LogP contribution in [0.5, 0.6) is 0 Å². The average Bonchev–Trinajstić information content (AvgIpc) is 1.95. The molecular weight excluding hydrogens is 138 g/mol. The Kier molecular flexibility index (Phi) is 3.09. The Bertz CT molecular complexity index is 130. The normalized spacial score (nSPS) is 20.8. The molecule has 1 fully saturated rings. The summed E-state index contributed by atoms with van der Waals surface area (Å²) in [6, 6.07) is 0. The van der Waals surface area contributed by atoms with Crippen LogP contribution in [0.2, 0.25) is 0 Å². The molecule has 2 N–H and O–H groups in total. The van der Waals surface area contributed by atoms with Gasteiger partial charge in [-0.2, -0.15) is 0 Å². The van der Waals surface area contributed by atoms with E-state index in [4.69, 9.17) is 0 Å². The molecule has 1 aliphatic rings. The number of nitrogens with one attached hydrogen (secondary N) is 1. The molecule has 1 saturated carbocycles. The SMILES string of the molecule is C=CCCNCC1(O)CCC1. The third kappa shape index (κ3) is 2.64. The minimum absolute atomic E-state index is 0.374. The molecule has 0 unspecified atom stereocenters. The summed E-state index contributed by atoms with van der Waals surface area (Å²) in [5.41, 5.74) is -0.374. The summed E-state index contributed by atoms with van der Waals surface area (Å²) in [7, 11) is 0. The summed E-state index contributed by atoms with van der Waals surface area (Å²) in [5.74, 6) is 0. The highest BCUT2D eigenvalue weighted by Gasteiger charge is 2.33. The van der Waals surface area contributed by atoms with Gasteiger partial charge in [-0.1, -0.05) is 6.08 Å². The van der Waals surface area contributed by atoms with Crippen LogP contribution in [-0.2, 0) is 0 Å². The Morgan fingerprint density at radius 1 is 1.55 bits per heavy atom. The van der Waals surface area contributed by atoms with Gasteiger partial charge in [-0.05, 0) is 32.2 Å². The van der Waals surface area contributed by atoms with Crippen molar-refractivity contribution in [3.63, 3.8) is 0 Å². The number of hydrogen-bond acceptors (Lipinski definition) is 2. The molecule has 1 aliphatic carbocycles. The van der Waals surface area contributed by atoms with Crippen LogP contribution >= 0.6 is 0 Å². The fourth-order valence-electron chi connectivity index (χ4n) is 1.29. The van der Waals surface area contributed by atoms with Crippen LogP contribution in [0.15, 0.2) is 12.7 Å². The van der Waals surface area contributed by atoms with Crippen molar-refractivity contribution in [2.75, 3.05) is 13.1 Å². The maximum Gasteiger partial charge on any atom is 0.0771 e. The van der Waals surface area contributed by atoms with E-state index in [1.807, 2.05) is 6.08 Å². The van der Waals surface area contributed by atoms with Crippen LogP contribution in [0.1, 0.15) is 25.7 Å². The Labute approximate surface area is 68.3 Å². The lowest BCUT2D eigenvalue weighted by molar-refractivity contribution is -0.0309. The highest BCUT2D eigenvalue weighted by molar-refractivity contribution is 4.89. The van der Waals surface area contributed by atoms with E-state index in [1.54, 1.807) is 0 Å². The Hall–Kier alpha value is -0.340. The molecule has 64 valence electrons. The first-order valence-electron chi connectivity index (χ1n) is 4.31. The topological polar surface area (TPSA) is 32.3 Å². The van der Waals surface area contributed by atoms with Gasteiger partial charge in [0.2, 0.25) is 0 Å². The molecule has 0 aromatic rings. The van der Waals surface area contributed by atoms with Crippen molar-refractivity contribution in [3.05, 3.63) is 12.7 Å². The lowest BCUT2D eigenvalue weighted by Gasteiger charge is -2.36. The lowest BCUT2D eigenvalue weighted by atomic mass is 9.80. The van der Waals surface area contributed by atoms with Crippen LogP contribution in [-0.4, -0.2) is 23.8 Å². The second-order valence-corrected chi connectivity index (χ2v) is 3.33. The smallest absolute Gasteiger partial charge is 0.0771 e. The average molecular weight is 155 g/mol. The van der Waals surface area contributed by atoms with E-state index in [9.17, 15) is 5.11 Å². The van der Waals surface area contributed by atoms with Crippen molar-refractivity contribution >= 4 is 0 Å². The van der Waals surface area contributed by atoms with Crippen molar-refractivity contribution in [1.82, 2.24) is 5.32 Å². The van der Waals surface area contributed by atoms with Gasteiger partial charge in [0.05, 0.1) is 5.60 Å². The predicted molar refractivity (Wildman–Crippen MR) is 46.5 cm³/mol. The van der Waals surface area contributed by atoms with Gasteiger partial charge < -0.3 is 10.4 Å². The van der Waals surface area contributed by atoms with Gasteiger partial charge in [-0.3, -0.25) is 0 Å². The van der Waals surface area contributed by atoms with E-state index < -0.39 is 0 Å². The third-order valence-corrected chi connectivity index (χ3v) is 2.26. The van der Waals surface area contributed by atoms with Crippen molar-refractivity contribution < 1.29 is 5.11 Å². The Morgan fingerprint density at radius 3 is 2.73 bits per heavy atom. The van der Waals surface area contributed by atoms with Gasteiger partial charge in [0.1, 0.15) is 0 Å². The molecule has 0 aromatic heterocycles. The highest BCUT2D eigenvalue weighted by Crippen LogP contribution is 2.30. The van der Waals surface area contributed by atoms with Crippen LogP contribution in [0.3, 0.4) is 0 Å². The second-order valence-electron chi connectivity index (χ2n) is 3.33. The largest absolute Gasteiger partial charge is 0.389 e. The summed E-state index contributed by atoms with van der Waals surface area (Å²) in [4.78, 5) is 0. The molecule has 2 heteroatoms. The molecule has 0 aromatic carbocycles.